The molecule has 0 radical (unpaired) electrons. The number of benzene rings is 2. The monoisotopic (exact) mass is 431 g/mol. The lowest BCUT2D eigenvalue weighted by Gasteiger charge is -2.12. The van der Waals surface area contributed by atoms with Crippen LogP contribution in [0.3, 0.4) is 0 Å². The zero-order valence-electron chi connectivity index (χ0n) is 16.1. The summed E-state index contributed by atoms with van der Waals surface area (Å²) in [4.78, 5) is 8.81. The van der Waals surface area contributed by atoms with Crippen molar-refractivity contribution in [3.8, 4) is 11.3 Å². The number of nitrogens with zero attached hydrogens (tertiary/aromatic N) is 2. The summed E-state index contributed by atoms with van der Waals surface area (Å²) in [6.45, 7) is 3.04. The molecule has 7 nitrogen and oxygen atoms in total. The summed E-state index contributed by atoms with van der Waals surface area (Å²) in [5.74, 6) is 0.761. The maximum atomic E-state index is 11.7. The highest BCUT2D eigenvalue weighted by atomic mass is 35.5. The molecule has 0 saturated carbocycles. The Morgan fingerprint density at radius 2 is 1.76 bits per heavy atom. The van der Waals surface area contributed by atoms with Gasteiger partial charge in [0.15, 0.2) is 9.84 Å². The third kappa shape index (κ3) is 5.36. The number of hydrogen-bond acceptors (Lipinski definition) is 7. The van der Waals surface area contributed by atoms with Gasteiger partial charge in [-0.05, 0) is 36.8 Å². The fourth-order valence-corrected chi connectivity index (χ4v) is 3.65. The van der Waals surface area contributed by atoms with Crippen LogP contribution in [-0.2, 0) is 9.84 Å². The van der Waals surface area contributed by atoms with Gasteiger partial charge in [0.25, 0.3) is 0 Å². The predicted molar refractivity (Wildman–Crippen MR) is 118 cm³/mol. The first-order chi connectivity index (χ1) is 13.7. The molecule has 0 aliphatic rings. The second-order valence-electron chi connectivity index (χ2n) is 6.56. The third-order valence-corrected chi connectivity index (χ3v) is 5.83. The van der Waals surface area contributed by atoms with Crippen LogP contribution in [0.4, 0.5) is 17.5 Å². The summed E-state index contributed by atoms with van der Waals surface area (Å²) in [7, 11) is -3.24. The molecule has 0 bridgehead atoms. The van der Waals surface area contributed by atoms with Crippen molar-refractivity contribution in [3.05, 3.63) is 59.1 Å². The Bertz CT molecular complexity index is 1140. The van der Waals surface area contributed by atoms with Crippen LogP contribution in [0.15, 0.2) is 53.4 Å². The van der Waals surface area contributed by atoms with Crippen molar-refractivity contribution in [2.24, 2.45) is 0 Å². The minimum atomic E-state index is -3.24. The number of rotatable bonds is 7. The highest BCUT2D eigenvalue weighted by molar-refractivity contribution is 7.90. The maximum absolute atomic E-state index is 11.7. The molecule has 2 aromatic carbocycles. The molecule has 152 valence electrons. The Labute approximate surface area is 175 Å². The first kappa shape index (κ1) is 20.9. The van der Waals surface area contributed by atoms with E-state index in [0.29, 0.717) is 29.6 Å². The number of anilines is 3. The van der Waals surface area contributed by atoms with Gasteiger partial charge in [-0.15, -0.1) is 0 Å². The Morgan fingerprint density at radius 3 is 2.52 bits per heavy atom. The summed E-state index contributed by atoms with van der Waals surface area (Å²) in [6, 6.07) is 14.1. The normalized spacial score (nSPS) is 11.3. The van der Waals surface area contributed by atoms with E-state index in [0.717, 1.165) is 16.8 Å². The highest BCUT2D eigenvalue weighted by Gasteiger charge is 2.10. The Morgan fingerprint density at radius 1 is 1.03 bits per heavy atom. The van der Waals surface area contributed by atoms with Crippen LogP contribution in [0.1, 0.15) is 5.56 Å². The standard InChI is InChI=1S/C20H22ClN5O2S/c1-13-16(7-4-8-17(13)21)18-12-19(26-20(22)25-18)24-10-9-23-14-5-3-6-15(11-14)29(2,27)28/h3-8,11-12,23H,9-10H2,1-2H3,(H3,22,24,25,26). The fraction of sp³-hybridized carbons (Fsp3) is 0.200. The molecule has 0 atom stereocenters. The van der Waals surface area contributed by atoms with E-state index in [4.69, 9.17) is 17.3 Å². The highest BCUT2D eigenvalue weighted by Crippen LogP contribution is 2.28. The number of sulfone groups is 1. The molecule has 4 N–H and O–H groups in total. The molecule has 1 heterocycles. The van der Waals surface area contributed by atoms with Crippen LogP contribution in [0.2, 0.25) is 5.02 Å². The van der Waals surface area contributed by atoms with Crippen molar-refractivity contribution in [2.75, 3.05) is 35.7 Å². The zero-order chi connectivity index (χ0) is 21.0. The molecular formula is C20H22ClN5O2S. The van der Waals surface area contributed by atoms with Gasteiger partial charge in [0.2, 0.25) is 5.95 Å². The average Bonchev–Trinajstić information content (AvgIpc) is 2.66. The van der Waals surface area contributed by atoms with Crippen LogP contribution >= 0.6 is 11.6 Å². The number of halogens is 1. The average molecular weight is 432 g/mol. The molecule has 0 aliphatic carbocycles. The summed E-state index contributed by atoms with van der Waals surface area (Å²) in [5.41, 5.74) is 9.10. The fourth-order valence-electron chi connectivity index (χ4n) is 2.81. The van der Waals surface area contributed by atoms with Gasteiger partial charge < -0.3 is 16.4 Å². The molecule has 0 aliphatic heterocycles. The van der Waals surface area contributed by atoms with Crippen molar-refractivity contribution < 1.29 is 8.42 Å². The van der Waals surface area contributed by atoms with E-state index in [-0.39, 0.29) is 10.8 Å². The van der Waals surface area contributed by atoms with E-state index in [1.807, 2.05) is 37.3 Å². The number of aromatic nitrogens is 2. The van der Waals surface area contributed by atoms with Crippen LogP contribution in [0.5, 0.6) is 0 Å². The molecular weight excluding hydrogens is 410 g/mol. The van der Waals surface area contributed by atoms with Gasteiger partial charge in [0.1, 0.15) is 5.82 Å². The summed E-state index contributed by atoms with van der Waals surface area (Å²) in [5, 5.41) is 7.05. The zero-order valence-corrected chi connectivity index (χ0v) is 17.7. The third-order valence-electron chi connectivity index (χ3n) is 4.31. The molecule has 0 amide bonds. The van der Waals surface area contributed by atoms with Gasteiger partial charge >= 0.3 is 0 Å². The van der Waals surface area contributed by atoms with Gasteiger partial charge in [0.05, 0.1) is 10.6 Å². The van der Waals surface area contributed by atoms with Gasteiger partial charge in [-0.1, -0.05) is 29.8 Å². The van der Waals surface area contributed by atoms with Crippen molar-refractivity contribution in [1.29, 1.82) is 0 Å². The van der Waals surface area contributed by atoms with Crippen molar-refractivity contribution >= 4 is 38.9 Å². The lowest BCUT2D eigenvalue weighted by atomic mass is 10.1. The van der Waals surface area contributed by atoms with E-state index in [2.05, 4.69) is 20.6 Å². The Hall–Kier alpha value is -2.84. The first-order valence-electron chi connectivity index (χ1n) is 8.92. The smallest absolute Gasteiger partial charge is 0.222 e. The molecule has 0 spiro atoms. The number of nitrogen functional groups attached to an aromatic ring is 1. The predicted octanol–water partition coefficient (Wildman–Crippen LogP) is 3.62. The quantitative estimate of drug-likeness (QED) is 0.490. The van der Waals surface area contributed by atoms with E-state index >= 15 is 0 Å². The number of nitrogens with two attached hydrogens (primary N) is 1. The number of hydrogen-bond donors (Lipinski definition) is 3. The molecule has 3 rings (SSSR count). The molecule has 0 saturated heterocycles. The van der Waals surface area contributed by atoms with Crippen LogP contribution in [-0.4, -0.2) is 37.7 Å². The molecule has 29 heavy (non-hydrogen) atoms. The van der Waals surface area contributed by atoms with Gasteiger partial charge in [0, 0.05) is 41.7 Å². The van der Waals surface area contributed by atoms with Crippen LogP contribution in [0.25, 0.3) is 11.3 Å². The summed E-state index contributed by atoms with van der Waals surface area (Å²) < 4.78 is 23.3. The van der Waals surface area contributed by atoms with Gasteiger partial charge in [-0.2, -0.15) is 4.98 Å². The minimum absolute atomic E-state index is 0.165. The van der Waals surface area contributed by atoms with E-state index in [9.17, 15) is 8.42 Å². The summed E-state index contributed by atoms with van der Waals surface area (Å²) in [6.07, 6.45) is 1.19. The van der Waals surface area contributed by atoms with Crippen molar-refractivity contribution in [2.45, 2.75) is 11.8 Å². The molecule has 0 unspecified atom stereocenters. The maximum Gasteiger partial charge on any atom is 0.222 e. The lowest BCUT2D eigenvalue weighted by Crippen LogP contribution is -2.15. The Balaban J connectivity index is 1.66. The molecule has 0 fully saturated rings. The Kier molecular flexibility index (Phi) is 6.24. The van der Waals surface area contributed by atoms with E-state index in [1.54, 1.807) is 18.2 Å². The van der Waals surface area contributed by atoms with Crippen LogP contribution < -0.4 is 16.4 Å². The van der Waals surface area contributed by atoms with Gasteiger partial charge in [-0.3, -0.25) is 0 Å². The van der Waals surface area contributed by atoms with E-state index < -0.39 is 9.84 Å². The van der Waals surface area contributed by atoms with Gasteiger partial charge in [-0.25, -0.2) is 13.4 Å². The SMILES string of the molecule is Cc1c(Cl)cccc1-c1cc(NCCNc2cccc(S(C)(=O)=O)c2)nc(N)n1. The largest absolute Gasteiger partial charge is 0.383 e. The second-order valence-corrected chi connectivity index (χ2v) is 8.99. The van der Waals surface area contributed by atoms with Crippen molar-refractivity contribution in [1.82, 2.24) is 9.97 Å². The topological polar surface area (TPSA) is 110 Å². The number of nitrogens with one attached hydrogen (secondary N) is 2. The van der Waals surface area contributed by atoms with E-state index in [1.165, 1.54) is 6.26 Å². The summed E-state index contributed by atoms with van der Waals surface area (Å²) >= 11 is 6.21. The van der Waals surface area contributed by atoms with Crippen LogP contribution in [0, 0.1) is 6.92 Å². The lowest BCUT2D eigenvalue weighted by molar-refractivity contribution is 0.602. The molecule has 1 aromatic heterocycles. The van der Waals surface area contributed by atoms with Crippen molar-refractivity contribution in [3.63, 3.8) is 0 Å². The molecule has 3 aromatic rings. The minimum Gasteiger partial charge on any atom is -0.383 e. The molecule has 9 heteroatoms. The first-order valence-corrected chi connectivity index (χ1v) is 11.2. The second kappa shape index (κ2) is 8.67.